The van der Waals surface area contributed by atoms with Crippen molar-refractivity contribution >= 4 is 26.8 Å². The van der Waals surface area contributed by atoms with E-state index in [1.165, 1.54) is 6.07 Å². The lowest BCUT2D eigenvalue weighted by atomic mass is 9.98. The fourth-order valence-electron chi connectivity index (χ4n) is 2.22. The standard InChI is InChI=1S/C16H12BrFN2/c17-12-4-5-14(18)13(9-12)16(19)11-3-6-15-10(8-11)2-1-7-20-15/h1-9,16H,19H2. The van der Waals surface area contributed by atoms with Crippen molar-refractivity contribution in [1.29, 1.82) is 0 Å². The van der Waals surface area contributed by atoms with Crippen molar-refractivity contribution in [3.05, 3.63) is 76.1 Å². The van der Waals surface area contributed by atoms with E-state index in [1.807, 2.05) is 30.3 Å². The van der Waals surface area contributed by atoms with Gasteiger partial charge in [0.25, 0.3) is 0 Å². The molecule has 1 aromatic heterocycles. The summed E-state index contributed by atoms with van der Waals surface area (Å²) in [7, 11) is 0. The van der Waals surface area contributed by atoms with Crippen molar-refractivity contribution < 1.29 is 4.39 Å². The van der Waals surface area contributed by atoms with Crippen LogP contribution in [-0.4, -0.2) is 4.98 Å². The van der Waals surface area contributed by atoms with Crippen LogP contribution in [0.3, 0.4) is 0 Å². The Hall–Kier alpha value is -1.78. The summed E-state index contributed by atoms with van der Waals surface area (Å²) >= 11 is 3.34. The minimum atomic E-state index is -0.503. The lowest BCUT2D eigenvalue weighted by Gasteiger charge is -2.14. The summed E-state index contributed by atoms with van der Waals surface area (Å²) in [4.78, 5) is 4.26. The third-order valence-electron chi connectivity index (χ3n) is 3.28. The van der Waals surface area contributed by atoms with E-state index in [-0.39, 0.29) is 5.82 Å². The molecular formula is C16H12BrFN2. The Morgan fingerprint density at radius 1 is 1.10 bits per heavy atom. The Balaban J connectivity index is 2.07. The highest BCUT2D eigenvalue weighted by Gasteiger charge is 2.14. The number of hydrogen-bond acceptors (Lipinski definition) is 2. The molecule has 0 saturated carbocycles. The minimum Gasteiger partial charge on any atom is -0.320 e. The minimum absolute atomic E-state index is 0.299. The maximum Gasteiger partial charge on any atom is 0.128 e. The maximum absolute atomic E-state index is 13.9. The highest BCUT2D eigenvalue weighted by atomic mass is 79.9. The highest BCUT2D eigenvalue weighted by Crippen LogP contribution is 2.27. The molecule has 0 aliphatic heterocycles. The molecule has 0 saturated heterocycles. The summed E-state index contributed by atoms with van der Waals surface area (Å²) < 4.78 is 14.7. The zero-order valence-corrected chi connectivity index (χ0v) is 12.1. The Morgan fingerprint density at radius 3 is 2.80 bits per heavy atom. The second-order valence-electron chi connectivity index (χ2n) is 4.60. The molecule has 0 amide bonds. The van der Waals surface area contributed by atoms with Crippen molar-refractivity contribution in [3.63, 3.8) is 0 Å². The van der Waals surface area contributed by atoms with Gasteiger partial charge in [-0.15, -0.1) is 0 Å². The molecule has 0 spiro atoms. The number of halogens is 2. The average Bonchev–Trinajstić information content (AvgIpc) is 2.48. The first kappa shape index (κ1) is 13.2. The quantitative estimate of drug-likeness (QED) is 0.765. The molecule has 20 heavy (non-hydrogen) atoms. The molecule has 3 rings (SSSR count). The molecule has 0 bridgehead atoms. The van der Waals surface area contributed by atoms with Gasteiger partial charge in [-0.2, -0.15) is 0 Å². The van der Waals surface area contributed by atoms with Crippen molar-refractivity contribution in [1.82, 2.24) is 4.98 Å². The normalized spacial score (nSPS) is 12.6. The molecule has 0 radical (unpaired) electrons. The molecule has 100 valence electrons. The molecule has 2 N–H and O–H groups in total. The van der Waals surface area contributed by atoms with Gasteiger partial charge in [-0.25, -0.2) is 4.39 Å². The summed E-state index contributed by atoms with van der Waals surface area (Å²) in [5.74, 6) is -0.299. The van der Waals surface area contributed by atoms with E-state index >= 15 is 0 Å². The molecule has 3 aromatic rings. The Labute approximate surface area is 124 Å². The van der Waals surface area contributed by atoms with Gasteiger partial charge in [-0.3, -0.25) is 4.98 Å². The maximum atomic E-state index is 13.9. The summed E-state index contributed by atoms with van der Waals surface area (Å²) in [6.07, 6.45) is 1.75. The molecule has 1 heterocycles. The predicted molar refractivity (Wildman–Crippen MR) is 81.9 cm³/mol. The van der Waals surface area contributed by atoms with E-state index in [4.69, 9.17) is 5.73 Å². The smallest absolute Gasteiger partial charge is 0.128 e. The summed E-state index contributed by atoms with van der Waals surface area (Å²) in [6, 6.07) is 13.9. The summed E-state index contributed by atoms with van der Waals surface area (Å²) in [5, 5.41) is 0.996. The van der Waals surface area contributed by atoms with Crippen molar-refractivity contribution in [2.45, 2.75) is 6.04 Å². The molecular weight excluding hydrogens is 319 g/mol. The SMILES string of the molecule is NC(c1ccc2ncccc2c1)c1cc(Br)ccc1F. The molecule has 0 fully saturated rings. The van der Waals surface area contributed by atoms with Crippen LogP contribution in [0.4, 0.5) is 4.39 Å². The van der Waals surface area contributed by atoms with Crippen LogP contribution < -0.4 is 5.73 Å². The first-order valence-electron chi connectivity index (χ1n) is 6.20. The van der Waals surface area contributed by atoms with Crippen molar-refractivity contribution in [2.24, 2.45) is 5.73 Å². The number of rotatable bonds is 2. The highest BCUT2D eigenvalue weighted by molar-refractivity contribution is 9.10. The van der Waals surface area contributed by atoms with Gasteiger partial charge in [0, 0.05) is 21.6 Å². The molecule has 2 aromatic carbocycles. The lowest BCUT2D eigenvalue weighted by Crippen LogP contribution is -2.13. The first-order valence-corrected chi connectivity index (χ1v) is 6.99. The fraction of sp³-hybridized carbons (Fsp3) is 0.0625. The largest absolute Gasteiger partial charge is 0.320 e. The number of aromatic nitrogens is 1. The van der Waals surface area contributed by atoms with Gasteiger partial charge in [0.2, 0.25) is 0 Å². The van der Waals surface area contributed by atoms with Gasteiger partial charge in [0.05, 0.1) is 11.6 Å². The molecule has 2 nitrogen and oxygen atoms in total. The zero-order valence-electron chi connectivity index (χ0n) is 10.6. The van der Waals surface area contributed by atoms with Gasteiger partial charge in [-0.05, 0) is 42.0 Å². The number of benzene rings is 2. The van der Waals surface area contributed by atoms with Gasteiger partial charge < -0.3 is 5.73 Å². The van der Waals surface area contributed by atoms with E-state index < -0.39 is 6.04 Å². The molecule has 0 aliphatic carbocycles. The number of nitrogens with two attached hydrogens (primary N) is 1. The second-order valence-corrected chi connectivity index (χ2v) is 5.51. The van der Waals surface area contributed by atoms with E-state index in [2.05, 4.69) is 20.9 Å². The van der Waals surface area contributed by atoms with Crippen LogP contribution in [0.2, 0.25) is 0 Å². The molecule has 1 atom stereocenters. The Kier molecular flexibility index (Phi) is 3.51. The van der Waals surface area contributed by atoms with E-state index in [9.17, 15) is 4.39 Å². The number of pyridine rings is 1. The van der Waals surface area contributed by atoms with Crippen LogP contribution in [0.15, 0.2) is 59.2 Å². The van der Waals surface area contributed by atoms with E-state index in [0.717, 1.165) is 20.9 Å². The molecule has 4 heteroatoms. The van der Waals surface area contributed by atoms with E-state index in [0.29, 0.717) is 5.56 Å². The molecule has 0 aliphatic rings. The third-order valence-corrected chi connectivity index (χ3v) is 3.77. The van der Waals surface area contributed by atoms with Crippen LogP contribution in [0.25, 0.3) is 10.9 Å². The van der Waals surface area contributed by atoms with Gasteiger partial charge in [-0.1, -0.05) is 28.1 Å². The fourth-order valence-corrected chi connectivity index (χ4v) is 2.60. The van der Waals surface area contributed by atoms with E-state index in [1.54, 1.807) is 18.3 Å². The average molecular weight is 331 g/mol. The third kappa shape index (κ3) is 2.44. The second kappa shape index (κ2) is 5.31. The van der Waals surface area contributed by atoms with Crippen molar-refractivity contribution in [2.75, 3.05) is 0 Å². The van der Waals surface area contributed by atoms with Crippen LogP contribution in [0.5, 0.6) is 0 Å². The number of nitrogens with zero attached hydrogens (tertiary/aromatic N) is 1. The van der Waals surface area contributed by atoms with Crippen LogP contribution in [-0.2, 0) is 0 Å². The van der Waals surface area contributed by atoms with Crippen molar-refractivity contribution in [3.8, 4) is 0 Å². The monoisotopic (exact) mass is 330 g/mol. The zero-order chi connectivity index (χ0) is 14.1. The summed E-state index contributed by atoms with van der Waals surface area (Å²) in [5.41, 5.74) is 8.43. The summed E-state index contributed by atoms with van der Waals surface area (Å²) in [6.45, 7) is 0. The number of fused-ring (bicyclic) bond motifs is 1. The Morgan fingerprint density at radius 2 is 1.95 bits per heavy atom. The number of hydrogen-bond donors (Lipinski definition) is 1. The lowest BCUT2D eigenvalue weighted by molar-refractivity contribution is 0.599. The van der Waals surface area contributed by atoms with Crippen LogP contribution in [0, 0.1) is 5.82 Å². The first-order chi connectivity index (χ1) is 9.65. The van der Waals surface area contributed by atoms with Gasteiger partial charge in [0.15, 0.2) is 0 Å². The van der Waals surface area contributed by atoms with Gasteiger partial charge in [0.1, 0.15) is 5.82 Å². The van der Waals surface area contributed by atoms with Crippen LogP contribution >= 0.6 is 15.9 Å². The predicted octanol–water partition coefficient (Wildman–Crippen LogP) is 4.18. The topological polar surface area (TPSA) is 38.9 Å². The van der Waals surface area contributed by atoms with Crippen LogP contribution in [0.1, 0.15) is 17.2 Å². The molecule has 1 unspecified atom stereocenters. The van der Waals surface area contributed by atoms with Gasteiger partial charge >= 0.3 is 0 Å². The Bertz CT molecular complexity index is 773.